The third-order valence-electron chi connectivity index (χ3n) is 4.55. The van der Waals surface area contributed by atoms with E-state index in [0.29, 0.717) is 5.56 Å². The van der Waals surface area contributed by atoms with Gasteiger partial charge in [0.1, 0.15) is 5.03 Å². The molecule has 0 aliphatic carbocycles. The molecule has 0 atom stereocenters. The molecular weight excluding hydrogens is 330 g/mol. The van der Waals surface area contributed by atoms with Crippen LogP contribution in [0.3, 0.4) is 0 Å². The Balaban J connectivity index is 1.84. The minimum atomic E-state index is 0.0932. The van der Waals surface area contributed by atoms with Crippen molar-refractivity contribution in [3.63, 3.8) is 0 Å². The number of carbonyl (C=O) groups excluding carboxylic acids is 1. The van der Waals surface area contributed by atoms with E-state index in [-0.39, 0.29) is 5.91 Å². The largest absolute Gasteiger partial charge is 0.337 e. The van der Waals surface area contributed by atoms with Crippen LogP contribution in [0.1, 0.15) is 27.9 Å². The lowest BCUT2D eigenvalue weighted by atomic mass is 10.2. The van der Waals surface area contributed by atoms with Gasteiger partial charge in [0.05, 0.1) is 5.56 Å². The second-order valence-corrected chi connectivity index (χ2v) is 7.71. The Kier molecular flexibility index (Phi) is 5.76. The van der Waals surface area contributed by atoms with Crippen LogP contribution in [0.4, 0.5) is 0 Å². The number of carbonyl (C=O) groups is 1. The van der Waals surface area contributed by atoms with Crippen molar-refractivity contribution in [2.45, 2.75) is 30.2 Å². The molecule has 0 saturated carbocycles. The van der Waals surface area contributed by atoms with E-state index in [1.165, 1.54) is 11.1 Å². The van der Waals surface area contributed by atoms with Crippen LogP contribution in [0.15, 0.2) is 46.5 Å². The molecular formula is C20H25N3OS. The van der Waals surface area contributed by atoms with Gasteiger partial charge >= 0.3 is 0 Å². The van der Waals surface area contributed by atoms with Crippen molar-refractivity contribution < 1.29 is 4.79 Å². The monoisotopic (exact) mass is 355 g/mol. The molecule has 2 heterocycles. The summed E-state index contributed by atoms with van der Waals surface area (Å²) in [5, 5.41) is 0.789. The molecule has 0 spiro atoms. The Morgan fingerprint density at radius 2 is 1.96 bits per heavy atom. The van der Waals surface area contributed by atoms with Crippen molar-refractivity contribution in [1.82, 2.24) is 14.8 Å². The summed E-state index contributed by atoms with van der Waals surface area (Å²) in [5.74, 6) is 0.0932. The second kappa shape index (κ2) is 8.02. The molecule has 1 aliphatic heterocycles. The summed E-state index contributed by atoms with van der Waals surface area (Å²) in [4.78, 5) is 23.0. The molecule has 132 valence electrons. The SMILES string of the molecule is Cc1ccc(Sc2ncccc2C(=O)N2CCCN(C)CC2)c(C)c1. The Hall–Kier alpha value is -1.85. The van der Waals surface area contributed by atoms with Crippen LogP contribution in [0, 0.1) is 13.8 Å². The first-order valence-electron chi connectivity index (χ1n) is 8.72. The van der Waals surface area contributed by atoms with Gasteiger partial charge in [0, 0.05) is 30.7 Å². The Labute approximate surface area is 154 Å². The molecule has 25 heavy (non-hydrogen) atoms. The van der Waals surface area contributed by atoms with E-state index in [1.54, 1.807) is 18.0 Å². The van der Waals surface area contributed by atoms with Crippen molar-refractivity contribution in [2.24, 2.45) is 0 Å². The lowest BCUT2D eigenvalue weighted by Crippen LogP contribution is -2.34. The average molecular weight is 356 g/mol. The molecule has 2 aromatic rings. The number of hydrogen-bond acceptors (Lipinski definition) is 4. The van der Waals surface area contributed by atoms with Crippen molar-refractivity contribution >= 4 is 17.7 Å². The lowest BCUT2D eigenvalue weighted by Gasteiger charge is -2.21. The molecule has 1 amide bonds. The number of amides is 1. The zero-order chi connectivity index (χ0) is 17.8. The smallest absolute Gasteiger partial charge is 0.256 e. The first-order chi connectivity index (χ1) is 12.0. The van der Waals surface area contributed by atoms with Crippen molar-refractivity contribution in [2.75, 3.05) is 33.2 Å². The van der Waals surface area contributed by atoms with E-state index in [0.717, 1.165) is 42.5 Å². The fraction of sp³-hybridized carbons (Fsp3) is 0.400. The number of pyridine rings is 1. The van der Waals surface area contributed by atoms with Crippen molar-refractivity contribution in [3.8, 4) is 0 Å². The lowest BCUT2D eigenvalue weighted by molar-refractivity contribution is 0.0758. The highest BCUT2D eigenvalue weighted by Crippen LogP contribution is 2.32. The predicted octanol–water partition coefficient (Wildman–Crippen LogP) is 3.63. The summed E-state index contributed by atoms with van der Waals surface area (Å²) in [5.41, 5.74) is 3.16. The zero-order valence-electron chi connectivity index (χ0n) is 15.2. The molecule has 1 aromatic heterocycles. The van der Waals surface area contributed by atoms with Crippen LogP contribution in [0.2, 0.25) is 0 Å². The number of benzene rings is 1. The highest BCUT2D eigenvalue weighted by Gasteiger charge is 2.22. The van der Waals surface area contributed by atoms with Crippen LogP contribution in [0.5, 0.6) is 0 Å². The summed E-state index contributed by atoms with van der Waals surface area (Å²) < 4.78 is 0. The number of hydrogen-bond donors (Lipinski definition) is 0. The van der Waals surface area contributed by atoms with Gasteiger partial charge < -0.3 is 9.80 Å². The highest BCUT2D eigenvalue weighted by atomic mass is 32.2. The van der Waals surface area contributed by atoms with Gasteiger partial charge in [0.25, 0.3) is 5.91 Å². The summed E-state index contributed by atoms with van der Waals surface area (Å²) in [6.07, 6.45) is 2.78. The third kappa shape index (κ3) is 4.41. The summed E-state index contributed by atoms with van der Waals surface area (Å²) in [7, 11) is 2.11. The Morgan fingerprint density at radius 1 is 1.12 bits per heavy atom. The second-order valence-electron chi connectivity index (χ2n) is 6.68. The highest BCUT2D eigenvalue weighted by molar-refractivity contribution is 7.99. The van der Waals surface area contributed by atoms with Gasteiger partial charge in [-0.2, -0.15) is 0 Å². The maximum absolute atomic E-state index is 13.1. The van der Waals surface area contributed by atoms with Gasteiger partial charge in [-0.1, -0.05) is 29.5 Å². The van der Waals surface area contributed by atoms with E-state index in [4.69, 9.17) is 0 Å². The Morgan fingerprint density at radius 3 is 2.76 bits per heavy atom. The predicted molar refractivity (Wildman–Crippen MR) is 102 cm³/mol. The normalized spacial score (nSPS) is 15.9. The average Bonchev–Trinajstić information content (AvgIpc) is 2.82. The van der Waals surface area contributed by atoms with Crippen LogP contribution in [0.25, 0.3) is 0 Å². The molecule has 1 aromatic carbocycles. The van der Waals surface area contributed by atoms with Crippen LogP contribution < -0.4 is 0 Å². The van der Waals surface area contributed by atoms with Crippen LogP contribution >= 0.6 is 11.8 Å². The van der Waals surface area contributed by atoms with Gasteiger partial charge in [0.2, 0.25) is 0 Å². The zero-order valence-corrected chi connectivity index (χ0v) is 16.0. The van der Waals surface area contributed by atoms with Crippen LogP contribution in [-0.2, 0) is 0 Å². The number of rotatable bonds is 3. The van der Waals surface area contributed by atoms with E-state index >= 15 is 0 Å². The molecule has 0 unspecified atom stereocenters. The molecule has 1 fully saturated rings. The number of aromatic nitrogens is 1. The van der Waals surface area contributed by atoms with Gasteiger partial charge in [0.15, 0.2) is 0 Å². The first-order valence-corrected chi connectivity index (χ1v) is 9.54. The first kappa shape index (κ1) is 18.0. The van der Waals surface area contributed by atoms with Crippen molar-refractivity contribution in [3.05, 3.63) is 53.2 Å². The molecule has 5 heteroatoms. The number of aryl methyl sites for hydroxylation is 2. The molecule has 0 radical (unpaired) electrons. The van der Waals surface area contributed by atoms with E-state index in [9.17, 15) is 4.79 Å². The molecule has 3 rings (SSSR count). The summed E-state index contributed by atoms with van der Waals surface area (Å²) in [6, 6.07) is 10.1. The minimum Gasteiger partial charge on any atom is -0.337 e. The van der Waals surface area contributed by atoms with Gasteiger partial charge in [-0.15, -0.1) is 0 Å². The molecule has 4 nitrogen and oxygen atoms in total. The van der Waals surface area contributed by atoms with E-state index < -0.39 is 0 Å². The van der Waals surface area contributed by atoms with Gasteiger partial charge in [-0.05, 0) is 57.6 Å². The molecule has 1 aliphatic rings. The molecule has 0 bridgehead atoms. The van der Waals surface area contributed by atoms with Gasteiger partial charge in [-0.25, -0.2) is 4.98 Å². The van der Waals surface area contributed by atoms with Gasteiger partial charge in [-0.3, -0.25) is 4.79 Å². The topological polar surface area (TPSA) is 36.4 Å². The summed E-state index contributed by atoms with van der Waals surface area (Å²) in [6.45, 7) is 7.74. The van der Waals surface area contributed by atoms with E-state index in [2.05, 4.69) is 49.0 Å². The van der Waals surface area contributed by atoms with E-state index in [1.807, 2.05) is 17.0 Å². The minimum absolute atomic E-state index is 0.0932. The fourth-order valence-corrected chi connectivity index (χ4v) is 4.02. The van der Waals surface area contributed by atoms with Crippen molar-refractivity contribution in [1.29, 1.82) is 0 Å². The maximum Gasteiger partial charge on any atom is 0.256 e. The maximum atomic E-state index is 13.1. The molecule has 1 saturated heterocycles. The quantitative estimate of drug-likeness (QED) is 0.842. The Bertz CT molecular complexity index is 762. The fourth-order valence-electron chi connectivity index (χ4n) is 3.07. The third-order valence-corrected chi connectivity index (χ3v) is 5.74. The summed E-state index contributed by atoms with van der Waals surface area (Å²) >= 11 is 1.58. The molecule has 0 N–H and O–H groups in total. The standard InChI is InChI=1S/C20H25N3OS/c1-15-7-8-18(16(2)14-15)25-19-17(6-4-9-21-19)20(24)23-11-5-10-22(3)12-13-23/h4,6-9,14H,5,10-13H2,1-3H3. The van der Waals surface area contributed by atoms with Crippen LogP contribution in [-0.4, -0.2) is 53.9 Å². The number of nitrogens with zero attached hydrogens (tertiary/aromatic N) is 3. The number of likely N-dealkylation sites (N-methyl/N-ethyl adjacent to an activating group) is 1.